The molecule has 0 aliphatic rings. The molecular weight excluding hydrogens is 396 g/mol. The summed E-state index contributed by atoms with van der Waals surface area (Å²) in [5, 5.41) is 10.2. The van der Waals surface area contributed by atoms with E-state index in [9.17, 15) is 14.7 Å². The fourth-order valence-corrected chi connectivity index (χ4v) is 2.96. The largest absolute Gasteiger partial charge is 0.493 e. The molecule has 0 radical (unpaired) electrons. The number of benzene rings is 1. The van der Waals surface area contributed by atoms with Gasteiger partial charge in [-0.25, -0.2) is 0 Å². The van der Waals surface area contributed by atoms with Crippen LogP contribution in [0, 0.1) is 5.92 Å². The van der Waals surface area contributed by atoms with E-state index >= 15 is 0 Å². The molecule has 0 heterocycles. The fraction of sp³-hybridized carbons (Fsp3) is 0.600. The first kappa shape index (κ1) is 26.7. The molecule has 6 nitrogen and oxygen atoms in total. The Labute approximate surface area is 186 Å². The molecule has 0 bridgehead atoms. The van der Waals surface area contributed by atoms with Crippen LogP contribution in [-0.4, -0.2) is 36.9 Å². The minimum atomic E-state index is -0.506. The van der Waals surface area contributed by atoms with Gasteiger partial charge in [-0.3, -0.25) is 9.59 Å². The second kappa shape index (κ2) is 15.5. The second-order valence-corrected chi connectivity index (χ2v) is 7.85. The number of aryl methyl sites for hydroxylation is 1. The van der Waals surface area contributed by atoms with Crippen molar-refractivity contribution >= 4 is 11.9 Å². The first-order valence-electron chi connectivity index (χ1n) is 11.3. The third-order valence-electron chi connectivity index (χ3n) is 4.80. The molecule has 0 amide bonds. The monoisotopic (exact) mass is 434 g/mol. The van der Waals surface area contributed by atoms with Crippen LogP contribution in [0.15, 0.2) is 30.4 Å². The van der Waals surface area contributed by atoms with E-state index in [1.54, 1.807) is 27.0 Å². The minimum absolute atomic E-state index is 0.116. The van der Waals surface area contributed by atoms with E-state index < -0.39 is 6.10 Å². The lowest BCUT2D eigenvalue weighted by Gasteiger charge is -2.13. The highest BCUT2D eigenvalue weighted by Crippen LogP contribution is 2.29. The van der Waals surface area contributed by atoms with Crippen molar-refractivity contribution in [2.45, 2.75) is 78.2 Å². The number of allylic oxidation sites excluding steroid dienone is 1. The number of aliphatic hydroxyl groups is 1. The number of hydrogen-bond acceptors (Lipinski definition) is 6. The Hall–Kier alpha value is -2.34. The molecule has 0 saturated carbocycles. The van der Waals surface area contributed by atoms with Gasteiger partial charge in [0.05, 0.1) is 25.7 Å². The summed E-state index contributed by atoms with van der Waals surface area (Å²) in [4.78, 5) is 23.0. The average molecular weight is 435 g/mol. The van der Waals surface area contributed by atoms with Gasteiger partial charge >= 0.3 is 11.9 Å². The smallest absolute Gasteiger partial charge is 0.313 e. The van der Waals surface area contributed by atoms with Gasteiger partial charge in [0.15, 0.2) is 11.5 Å². The Morgan fingerprint density at radius 3 is 2.52 bits per heavy atom. The molecule has 6 heteroatoms. The summed E-state index contributed by atoms with van der Waals surface area (Å²) in [7, 11) is 1.54. The molecule has 1 aromatic carbocycles. The quantitative estimate of drug-likeness (QED) is 0.181. The van der Waals surface area contributed by atoms with Crippen molar-refractivity contribution in [3.63, 3.8) is 0 Å². The normalized spacial score (nSPS) is 12.2. The summed E-state index contributed by atoms with van der Waals surface area (Å²) >= 11 is 0. The van der Waals surface area contributed by atoms with E-state index in [-0.39, 0.29) is 17.9 Å². The molecule has 1 N–H and O–H groups in total. The first-order chi connectivity index (χ1) is 14.9. The summed E-state index contributed by atoms with van der Waals surface area (Å²) in [6, 6.07) is 5.46. The molecule has 0 aliphatic heterocycles. The number of carbonyl (C=O) groups is 2. The second-order valence-electron chi connectivity index (χ2n) is 7.85. The molecule has 0 spiro atoms. The minimum Gasteiger partial charge on any atom is -0.493 e. The van der Waals surface area contributed by atoms with Crippen molar-refractivity contribution in [3.05, 3.63) is 35.9 Å². The van der Waals surface area contributed by atoms with E-state index in [1.807, 2.05) is 31.2 Å². The van der Waals surface area contributed by atoms with Gasteiger partial charge < -0.3 is 19.3 Å². The van der Waals surface area contributed by atoms with Gasteiger partial charge in [0, 0.05) is 6.42 Å². The van der Waals surface area contributed by atoms with E-state index in [0.29, 0.717) is 37.4 Å². The van der Waals surface area contributed by atoms with Gasteiger partial charge in [-0.05, 0) is 56.7 Å². The number of ether oxygens (including phenoxy) is 3. The molecule has 0 aliphatic carbocycles. The van der Waals surface area contributed by atoms with Crippen LogP contribution in [0.4, 0.5) is 0 Å². The third kappa shape index (κ3) is 11.6. The van der Waals surface area contributed by atoms with Gasteiger partial charge in [0.2, 0.25) is 0 Å². The van der Waals surface area contributed by atoms with Crippen LogP contribution in [-0.2, 0) is 20.7 Å². The number of unbranched alkanes of at least 4 members (excludes halogenated alkanes) is 4. The van der Waals surface area contributed by atoms with Gasteiger partial charge in [-0.2, -0.15) is 0 Å². The number of aliphatic hydroxyl groups excluding tert-OH is 1. The van der Waals surface area contributed by atoms with E-state index in [0.717, 1.165) is 37.7 Å². The summed E-state index contributed by atoms with van der Waals surface area (Å²) in [5.74, 6) is 0.294. The van der Waals surface area contributed by atoms with Gasteiger partial charge in [-0.1, -0.05) is 44.9 Å². The van der Waals surface area contributed by atoms with Crippen LogP contribution in [0.25, 0.3) is 0 Å². The number of carbonyl (C=O) groups excluding carboxylic acids is 2. The van der Waals surface area contributed by atoms with Crippen molar-refractivity contribution in [1.29, 1.82) is 0 Å². The molecule has 31 heavy (non-hydrogen) atoms. The standard InChI is InChI=1S/C25H38O6/c1-5-30-24(27)13-11-9-7-6-8-10-12-21(26)16-14-20-15-17-22(23(18-20)29-4)31-25(28)19(2)3/h10,12,15,17-19,21,26H,5-9,11,13-14,16H2,1-4H3/b12-10+. The van der Waals surface area contributed by atoms with Crippen molar-refractivity contribution in [2.75, 3.05) is 13.7 Å². The number of hydrogen-bond donors (Lipinski definition) is 1. The Morgan fingerprint density at radius 2 is 1.84 bits per heavy atom. The van der Waals surface area contributed by atoms with Gasteiger partial charge in [-0.15, -0.1) is 0 Å². The van der Waals surface area contributed by atoms with Crippen LogP contribution in [0.1, 0.15) is 71.3 Å². The Bertz CT molecular complexity index is 695. The maximum absolute atomic E-state index is 11.8. The first-order valence-corrected chi connectivity index (χ1v) is 11.3. The van der Waals surface area contributed by atoms with Gasteiger partial charge in [0.25, 0.3) is 0 Å². The summed E-state index contributed by atoms with van der Waals surface area (Å²) in [5.41, 5.74) is 1.01. The zero-order chi connectivity index (χ0) is 23.1. The zero-order valence-electron chi connectivity index (χ0n) is 19.4. The van der Waals surface area contributed by atoms with Crippen LogP contribution < -0.4 is 9.47 Å². The fourth-order valence-electron chi connectivity index (χ4n) is 2.96. The van der Waals surface area contributed by atoms with Crippen molar-refractivity contribution < 1.29 is 28.9 Å². The lowest BCUT2D eigenvalue weighted by molar-refractivity contribution is -0.143. The zero-order valence-corrected chi connectivity index (χ0v) is 19.4. The summed E-state index contributed by atoms with van der Waals surface area (Å²) in [6.45, 7) is 5.82. The molecule has 1 atom stereocenters. The lowest BCUT2D eigenvalue weighted by atomic mass is 10.0. The maximum Gasteiger partial charge on any atom is 0.313 e. The predicted molar refractivity (Wildman–Crippen MR) is 121 cm³/mol. The topological polar surface area (TPSA) is 82.1 Å². The Kier molecular flexibility index (Phi) is 13.3. The molecule has 1 aromatic rings. The van der Waals surface area contributed by atoms with Crippen LogP contribution in [0.2, 0.25) is 0 Å². The van der Waals surface area contributed by atoms with Crippen LogP contribution in [0.3, 0.4) is 0 Å². The van der Waals surface area contributed by atoms with Crippen LogP contribution in [0.5, 0.6) is 11.5 Å². The molecule has 0 fully saturated rings. The Morgan fingerprint density at radius 1 is 1.10 bits per heavy atom. The number of esters is 2. The summed E-state index contributed by atoms with van der Waals surface area (Å²) < 4.78 is 15.6. The molecule has 174 valence electrons. The highest BCUT2D eigenvalue weighted by Gasteiger charge is 2.14. The van der Waals surface area contributed by atoms with Crippen LogP contribution >= 0.6 is 0 Å². The van der Waals surface area contributed by atoms with Crippen molar-refractivity contribution in [2.24, 2.45) is 5.92 Å². The third-order valence-corrected chi connectivity index (χ3v) is 4.80. The highest BCUT2D eigenvalue weighted by atomic mass is 16.6. The van der Waals surface area contributed by atoms with E-state index in [4.69, 9.17) is 14.2 Å². The van der Waals surface area contributed by atoms with Crippen molar-refractivity contribution in [1.82, 2.24) is 0 Å². The molecule has 0 aromatic heterocycles. The number of rotatable bonds is 15. The Balaban J connectivity index is 2.30. The highest BCUT2D eigenvalue weighted by molar-refractivity contribution is 5.75. The molecule has 0 saturated heterocycles. The molecule has 1 rings (SSSR count). The average Bonchev–Trinajstić information content (AvgIpc) is 2.74. The SMILES string of the molecule is CCOC(=O)CCCCCC/C=C/C(O)CCc1ccc(OC(=O)C(C)C)c(OC)c1. The van der Waals surface area contributed by atoms with E-state index in [2.05, 4.69) is 0 Å². The predicted octanol–water partition coefficient (Wildman–Crippen LogP) is 5.01. The van der Waals surface area contributed by atoms with Crippen molar-refractivity contribution in [3.8, 4) is 11.5 Å². The molecular formula is C25H38O6. The summed E-state index contributed by atoms with van der Waals surface area (Å²) in [6.07, 6.45) is 10.0. The molecule has 1 unspecified atom stereocenters. The van der Waals surface area contributed by atoms with Gasteiger partial charge in [0.1, 0.15) is 0 Å². The maximum atomic E-state index is 11.8. The number of methoxy groups -OCH3 is 1. The van der Waals surface area contributed by atoms with E-state index in [1.165, 1.54) is 0 Å². The lowest BCUT2D eigenvalue weighted by Crippen LogP contribution is -2.15.